The molecule has 0 bridgehead atoms. The van der Waals surface area contributed by atoms with Crippen LogP contribution in [0, 0.1) is 52.3 Å². The summed E-state index contributed by atoms with van der Waals surface area (Å²) in [6, 6.07) is 0. The van der Waals surface area contributed by atoms with Crippen LogP contribution >= 0.6 is 0 Å². The Morgan fingerprint density at radius 2 is 1.58 bits per heavy atom. The van der Waals surface area contributed by atoms with Crippen molar-refractivity contribution in [3.8, 4) is 0 Å². The van der Waals surface area contributed by atoms with Gasteiger partial charge in [-0.25, -0.2) is 0 Å². The van der Waals surface area contributed by atoms with Gasteiger partial charge in [0.15, 0.2) is 6.29 Å². The molecule has 0 amide bonds. The number of esters is 1. The van der Waals surface area contributed by atoms with E-state index in [9.17, 15) is 20.1 Å². The topological polar surface area (TPSA) is 105 Å². The molecule has 1 aliphatic heterocycles. The number of aliphatic hydroxyl groups is 3. The summed E-state index contributed by atoms with van der Waals surface area (Å²) >= 11 is 0. The minimum Gasteiger partial charge on any atom is -0.463 e. The molecule has 1 heterocycles. The molecule has 1 saturated heterocycles. The van der Waals surface area contributed by atoms with Gasteiger partial charge < -0.3 is 29.5 Å². The third kappa shape index (κ3) is 9.94. The molecule has 53 heavy (non-hydrogen) atoms. The van der Waals surface area contributed by atoms with Crippen molar-refractivity contribution in [2.75, 3.05) is 6.61 Å². The van der Waals surface area contributed by atoms with E-state index in [2.05, 4.69) is 54.5 Å². The molecule has 14 unspecified atom stereocenters. The summed E-state index contributed by atoms with van der Waals surface area (Å²) in [6.45, 7) is 17.0. The van der Waals surface area contributed by atoms with Gasteiger partial charge in [0, 0.05) is 6.42 Å². The van der Waals surface area contributed by atoms with Gasteiger partial charge in [0.25, 0.3) is 0 Å². The van der Waals surface area contributed by atoms with E-state index in [0.29, 0.717) is 17.8 Å². The Balaban J connectivity index is 1.12. The molecule has 7 nitrogen and oxygen atoms in total. The molecule has 3 N–H and O–H groups in total. The summed E-state index contributed by atoms with van der Waals surface area (Å²) in [6.07, 6.45) is 19.1. The molecule has 3 saturated carbocycles. The predicted molar refractivity (Wildman–Crippen MR) is 212 cm³/mol. The number of unbranched alkanes of at least 4 members (excludes halogenated alkanes) is 7. The molecular weight excluding hydrogens is 664 g/mol. The summed E-state index contributed by atoms with van der Waals surface area (Å²) in [4.78, 5) is 12.5. The third-order valence-electron chi connectivity index (χ3n) is 15.9. The van der Waals surface area contributed by atoms with Crippen LogP contribution in [0.1, 0.15) is 177 Å². The fourth-order valence-corrected chi connectivity index (χ4v) is 12.4. The molecule has 5 rings (SSSR count). The van der Waals surface area contributed by atoms with E-state index >= 15 is 0 Å². The van der Waals surface area contributed by atoms with Crippen LogP contribution in [0.5, 0.6) is 0 Å². The second-order valence-corrected chi connectivity index (χ2v) is 19.4. The van der Waals surface area contributed by atoms with Crippen LogP contribution in [0.2, 0.25) is 0 Å². The molecule has 0 radical (unpaired) electrons. The monoisotopic (exact) mass is 745 g/mol. The second-order valence-electron chi connectivity index (χ2n) is 19.4. The largest absolute Gasteiger partial charge is 0.463 e. The van der Waals surface area contributed by atoms with Gasteiger partial charge in [-0.05, 0) is 116 Å². The van der Waals surface area contributed by atoms with Gasteiger partial charge in [-0.1, -0.05) is 118 Å². The van der Waals surface area contributed by atoms with Gasteiger partial charge in [-0.15, -0.1) is 0 Å². The van der Waals surface area contributed by atoms with Crippen LogP contribution in [-0.4, -0.2) is 64.7 Å². The lowest BCUT2D eigenvalue weighted by molar-refractivity contribution is -0.313. The minimum absolute atomic E-state index is 0.138. The zero-order valence-electron chi connectivity index (χ0n) is 34.9. The fraction of sp³-hybridized carbons (Fsp3) is 0.935. The van der Waals surface area contributed by atoms with Crippen molar-refractivity contribution in [3.63, 3.8) is 0 Å². The van der Waals surface area contributed by atoms with Gasteiger partial charge in [-0.2, -0.15) is 0 Å². The number of hydrogen-bond donors (Lipinski definition) is 3. The Labute approximate surface area is 323 Å². The molecular formula is C46H80O7. The quantitative estimate of drug-likeness (QED) is 0.0687. The van der Waals surface area contributed by atoms with E-state index in [0.717, 1.165) is 80.5 Å². The minimum atomic E-state index is -1.44. The van der Waals surface area contributed by atoms with Crippen molar-refractivity contribution in [1.29, 1.82) is 0 Å². The first kappa shape index (κ1) is 43.1. The Morgan fingerprint density at radius 1 is 0.868 bits per heavy atom. The van der Waals surface area contributed by atoms with Gasteiger partial charge in [0.2, 0.25) is 0 Å². The maximum atomic E-state index is 12.5. The first-order valence-electron chi connectivity index (χ1n) is 22.5. The lowest BCUT2D eigenvalue weighted by atomic mass is 9.47. The zero-order valence-corrected chi connectivity index (χ0v) is 34.9. The average molecular weight is 745 g/mol. The highest BCUT2D eigenvalue weighted by atomic mass is 16.7. The van der Waals surface area contributed by atoms with Gasteiger partial charge in [0.1, 0.15) is 31.0 Å². The van der Waals surface area contributed by atoms with Crippen molar-refractivity contribution in [1.82, 2.24) is 0 Å². The molecule has 0 aromatic carbocycles. The molecule has 4 fully saturated rings. The number of rotatable bonds is 19. The van der Waals surface area contributed by atoms with E-state index in [-0.39, 0.29) is 24.1 Å². The molecule has 0 aromatic heterocycles. The van der Waals surface area contributed by atoms with Crippen molar-refractivity contribution in [2.45, 2.75) is 214 Å². The Hall–Kier alpha value is -0.990. The lowest BCUT2D eigenvalue weighted by Crippen LogP contribution is -2.60. The van der Waals surface area contributed by atoms with Crippen LogP contribution < -0.4 is 0 Å². The molecule has 306 valence electrons. The first-order valence-corrected chi connectivity index (χ1v) is 22.5. The van der Waals surface area contributed by atoms with E-state index in [4.69, 9.17) is 14.2 Å². The molecule has 0 spiro atoms. The number of carbonyl (C=O) groups is 1. The molecule has 7 heteroatoms. The molecule has 14 atom stereocenters. The van der Waals surface area contributed by atoms with Crippen LogP contribution in [0.25, 0.3) is 0 Å². The highest BCUT2D eigenvalue weighted by molar-refractivity contribution is 5.69. The van der Waals surface area contributed by atoms with E-state index < -0.39 is 30.7 Å². The van der Waals surface area contributed by atoms with Gasteiger partial charge in [-0.3, -0.25) is 4.79 Å². The van der Waals surface area contributed by atoms with Crippen molar-refractivity contribution < 1.29 is 34.3 Å². The van der Waals surface area contributed by atoms with Crippen LogP contribution in [0.3, 0.4) is 0 Å². The maximum absolute atomic E-state index is 12.5. The fourth-order valence-electron chi connectivity index (χ4n) is 12.4. The van der Waals surface area contributed by atoms with Crippen molar-refractivity contribution in [3.05, 3.63) is 11.6 Å². The highest BCUT2D eigenvalue weighted by Crippen LogP contribution is 2.67. The van der Waals surface area contributed by atoms with Crippen molar-refractivity contribution in [2.24, 2.45) is 52.3 Å². The van der Waals surface area contributed by atoms with Gasteiger partial charge in [0.05, 0.1) is 6.10 Å². The van der Waals surface area contributed by atoms with E-state index in [1.807, 2.05) is 0 Å². The number of hydrogen-bond acceptors (Lipinski definition) is 7. The van der Waals surface area contributed by atoms with E-state index in [1.54, 1.807) is 0 Å². The Bertz CT molecular complexity index is 1170. The zero-order chi connectivity index (χ0) is 38.3. The lowest BCUT2D eigenvalue weighted by Gasteiger charge is -2.58. The SMILES string of the molecule is CCCCCCCCCCC(=O)OCC1OC(OC2CCC3(C)C(=CCC4C3CCC3(C)C(C(C)CCC(CC)C(C)C)CCC43)C2)C(O)C(O)C1O. The molecule has 0 aromatic rings. The second kappa shape index (κ2) is 19.4. The summed E-state index contributed by atoms with van der Waals surface area (Å²) < 4.78 is 17.9. The number of ether oxygens (including phenoxy) is 3. The summed E-state index contributed by atoms with van der Waals surface area (Å²) in [5.74, 6) is 5.24. The number of allylic oxidation sites excluding steroid dienone is 1. The first-order chi connectivity index (χ1) is 25.3. The van der Waals surface area contributed by atoms with E-state index in [1.165, 1.54) is 82.6 Å². The Kier molecular flexibility index (Phi) is 15.8. The average Bonchev–Trinajstić information content (AvgIpc) is 3.50. The molecule has 5 aliphatic rings. The van der Waals surface area contributed by atoms with Crippen LogP contribution in [0.4, 0.5) is 0 Å². The van der Waals surface area contributed by atoms with Gasteiger partial charge >= 0.3 is 5.97 Å². The standard InChI is InChI=1S/C46H80O7/c1-8-10-11-12-13-14-15-16-17-40(47)51-29-39-41(48)42(49)43(50)44(53-39)52-34-24-26-45(6)33(28-34)20-21-35-37-23-22-36(46(37,7)27-25-38(35)45)31(5)18-19-32(9-2)30(3)4/h20,30-32,34-39,41-44,48-50H,8-19,21-29H2,1-7H3. The highest BCUT2D eigenvalue weighted by Gasteiger charge is 2.59. The third-order valence-corrected chi connectivity index (χ3v) is 15.9. The smallest absolute Gasteiger partial charge is 0.305 e. The summed E-state index contributed by atoms with van der Waals surface area (Å²) in [5, 5.41) is 32.3. The van der Waals surface area contributed by atoms with Crippen LogP contribution in [0.15, 0.2) is 11.6 Å². The maximum Gasteiger partial charge on any atom is 0.305 e. The number of carbonyl (C=O) groups excluding carboxylic acids is 1. The molecule has 4 aliphatic carbocycles. The predicted octanol–water partition coefficient (Wildman–Crippen LogP) is 9.93. The normalized spacial score (nSPS) is 39.5. The Morgan fingerprint density at radius 3 is 2.28 bits per heavy atom. The summed E-state index contributed by atoms with van der Waals surface area (Å²) in [7, 11) is 0. The van der Waals surface area contributed by atoms with Crippen LogP contribution in [-0.2, 0) is 19.0 Å². The van der Waals surface area contributed by atoms with Crippen molar-refractivity contribution >= 4 is 5.97 Å². The number of fused-ring (bicyclic) bond motifs is 5. The number of aliphatic hydroxyl groups excluding tert-OH is 3. The summed E-state index contributed by atoms with van der Waals surface area (Å²) in [5.41, 5.74) is 2.13.